The number of hydrogen-bond acceptors (Lipinski definition) is 6. The molecule has 2 saturated heterocycles. The van der Waals surface area contributed by atoms with Crippen LogP contribution in [0.4, 0.5) is 4.79 Å². The summed E-state index contributed by atoms with van der Waals surface area (Å²) in [6.07, 6.45) is -0.357. The molecule has 1 N–H and O–H groups in total. The van der Waals surface area contributed by atoms with Crippen LogP contribution in [0.5, 0.6) is 0 Å². The van der Waals surface area contributed by atoms with Gasteiger partial charge in [-0.3, -0.25) is 10.00 Å². The predicted molar refractivity (Wildman–Crippen MR) is 92.0 cm³/mol. The molecule has 25 heavy (non-hydrogen) atoms. The van der Waals surface area contributed by atoms with Crippen LogP contribution in [-0.4, -0.2) is 66.2 Å². The molecule has 0 aromatic carbocycles. The molecule has 1 atom stereocenters. The number of thiophene rings is 1. The maximum atomic E-state index is 13.1. The Labute approximate surface area is 149 Å². The van der Waals surface area contributed by atoms with Gasteiger partial charge in [0.1, 0.15) is 12.3 Å². The average Bonchev–Trinajstić information content (AvgIpc) is 3.27. The van der Waals surface area contributed by atoms with E-state index in [1.807, 2.05) is 13.0 Å². The maximum Gasteiger partial charge on any atom is 0.410 e. The third-order valence-corrected chi connectivity index (χ3v) is 7.72. The number of cyclic esters (lactones) is 1. The summed E-state index contributed by atoms with van der Waals surface area (Å²) < 4.78 is 32.6. The topological polar surface area (TPSA) is 95.6 Å². The molecule has 0 spiro atoms. The van der Waals surface area contributed by atoms with Crippen LogP contribution in [0.25, 0.3) is 10.6 Å². The second-order valence-electron chi connectivity index (χ2n) is 6.25. The number of amides is 1. The molecule has 134 valence electrons. The van der Waals surface area contributed by atoms with Gasteiger partial charge in [-0.2, -0.15) is 9.40 Å². The van der Waals surface area contributed by atoms with Crippen molar-refractivity contribution in [1.82, 2.24) is 19.4 Å². The summed E-state index contributed by atoms with van der Waals surface area (Å²) in [5.41, 5.74) is 1.67. The van der Waals surface area contributed by atoms with Gasteiger partial charge in [-0.05, 0) is 26.0 Å². The number of sulfonamides is 1. The lowest BCUT2D eigenvalue weighted by Crippen LogP contribution is -2.53. The number of ether oxygens (including phenoxy) is 1. The molecule has 0 radical (unpaired) electrons. The van der Waals surface area contributed by atoms with Crippen LogP contribution >= 0.6 is 11.3 Å². The first kappa shape index (κ1) is 16.6. The van der Waals surface area contributed by atoms with Gasteiger partial charge in [0, 0.05) is 30.2 Å². The van der Waals surface area contributed by atoms with Gasteiger partial charge in [0.05, 0.1) is 15.8 Å². The number of fused-ring (bicyclic) bond motifs is 1. The summed E-state index contributed by atoms with van der Waals surface area (Å²) in [6, 6.07) is 3.37. The normalized spacial score (nSPS) is 21.4. The van der Waals surface area contributed by atoms with Gasteiger partial charge >= 0.3 is 6.09 Å². The van der Waals surface area contributed by atoms with E-state index in [0.29, 0.717) is 11.4 Å². The van der Waals surface area contributed by atoms with Crippen molar-refractivity contribution in [3.63, 3.8) is 0 Å². The third kappa shape index (κ3) is 2.74. The minimum Gasteiger partial charge on any atom is -0.447 e. The second-order valence-corrected chi connectivity index (χ2v) is 9.42. The smallest absolute Gasteiger partial charge is 0.410 e. The Morgan fingerprint density at radius 3 is 2.84 bits per heavy atom. The van der Waals surface area contributed by atoms with Gasteiger partial charge < -0.3 is 4.74 Å². The highest BCUT2D eigenvalue weighted by Crippen LogP contribution is 2.35. The minimum atomic E-state index is -3.62. The Hall–Kier alpha value is -1.91. The molecule has 2 aromatic heterocycles. The van der Waals surface area contributed by atoms with Crippen LogP contribution in [0.2, 0.25) is 0 Å². The first-order chi connectivity index (χ1) is 11.9. The van der Waals surface area contributed by atoms with E-state index < -0.39 is 10.0 Å². The van der Waals surface area contributed by atoms with E-state index in [9.17, 15) is 13.2 Å². The first-order valence-corrected chi connectivity index (χ1v) is 10.2. The molecule has 1 unspecified atom stereocenters. The number of carbonyl (C=O) groups excluding carboxylic acids is 1. The number of aromatic nitrogens is 2. The average molecular weight is 382 g/mol. The van der Waals surface area contributed by atoms with Crippen molar-refractivity contribution in [2.45, 2.75) is 24.8 Å². The van der Waals surface area contributed by atoms with Crippen molar-refractivity contribution in [1.29, 1.82) is 0 Å². The van der Waals surface area contributed by atoms with Crippen LogP contribution in [0.1, 0.15) is 10.6 Å². The Bertz CT molecular complexity index is 933. The fourth-order valence-electron chi connectivity index (χ4n) is 3.21. The van der Waals surface area contributed by atoms with Gasteiger partial charge in [-0.15, -0.1) is 11.3 Å². The summed E-state index contributed by atoms with van der Waals surface area (Å²) in [7, 11) is -3.62. The molecular formula is C15H18N4O4S2. The summed E-state index contributed by atoms with van der Waals surface area (Å²) >= 11 is 1.41. The van der Waals surface area contributed by atoms with Crippen LogP contribution in [0.15, 0.2) is 17.0 Å². The summed E-state index contributed by atoms with van der Waals surface area (Å²) in [5, 5.41) is 7.08. The van der Waals surface area contributed by atoms with E-state index in [1.165, 1.54) is 15.6 Å². The number of carbonyl (C=O) groups is 1. The standard InChI is InChI=1S/C15H18N4O4S2/c1-9-5-12(17-16-9)13-6-14(10(2)24-13)25(21,22)18-3-4-19-11(7-18)8-23-15(19)20/h5-6,11H,3-4,7-8H2,1-2H3,(H,16,17). The van der Waals surface area contributed by atoms with E-state index in [0.717, 1.165) is 21.1 Å². The Morgan fingerprint density at radius 2 is 2.12 bits per heavy atom. The second kappa shape index (κ2) is 5.82. The number of piperazine rings is 1. The SMILES string of the molecule is Cc1cc(-c2cc(S(=O)(=O)N3CCN4C(=O)OCC4C3)c(C)s2)n[nH]1. The molecule has 2 aliphatic rings. The molecule has 2 fully saturated rings. The zero-order chi connectivity index (χ0) is 17.8. The van der Waals surface area contributed by atoms with Gasteiger partial charge in [0.2, 0.25) is 10.0 Å². The van der Waals surface area contributed by atoms with Crippen molar-refractivity contribution in [3.05, 3.63) is 22.7 Å². The van der Waals surface area contributed by atoms with Crippen molar-refractivity contribution in [2.75, 3.05) is 26.2 Å². The van der Waals surface area contributed by atoms with Gasteiger partial charge in [0.15, 0.2) is 0 Å². The number of hydrogen-bond donors (Lipinski definition) is 1. The molecule has 2 aliphatic heterocycles. The fourth-order valence-corrected chi connectivity index (χ4v) is 6.20. The highest BCUT2D eigenvalue weighted by Gasteiger charge is 2.41. The summed E-state index contributed by atoms with van der Waals surface area (Å²) in [4.78, 5) is 15.0. The van der Waals surface area contributed by atoms with E-state index in [4.69, 9.17) is 4.74 Å². The molecule has 0 bridgehead atoms. The Morgan fingerprint density at radius 1 is 1.32 bits per heavy atom. The number of nitrogens with zero attached hydrogens (tertiary/aromatic N) is 3. The van der Waals surface area contributed by atoms with Crippen LogP contribution in [-0.2, 0) is 14.8 Å². The number of aryl methyl sites for hydroxylation is 2. The zero-order valence-electron chi connectivity index (χ0n) is 13.9. The molecule has 8 nitrogen and oxygen atoms in total. The number of H-pyrrole nitrogens is 1. The van der Waals surface area contributed by atoms with E-state index in [2.05, 4.69) is 10.2 Å². The largest absolute Gasteiger partial charge is 0.447 e. The third-order valence-electron chi connectivity index (χ3n) is 4.53. The number of rotatable bonds is 3. The predicted octanol–water partition coefficient (Wildman–Crippen LogP) is 1.58. The van der Waals surface area contributed by atoms with E-state index in [1.54, 1.807) is 17.9 Å². The van der Waals surface area contributed by atoms with E-state index >= 15 is 0 Å². The van der Waals surface area contributed by atoms with Gasteiger partial charge in [0.25, 0.3) is 0 Å². The summed E-state index contributed by atoms with van der Waals surface area (Å²) in [5.74, 6) is 0. The number of nitrogens with one attached hydrogen (secondary N) is 1. The molecule has 4 heterocycles. The molecule has 0 saturated carbocycles. The van der Waals surface area contributed by atoms with Crippen LogP contribution in [0, 0.1) is 13.8 Å². The lowest BCUT2D eigenvalue weighted by atomic mass is 10.2. The van der Waals surface area contributed by atoms with Crippen LogP contribution in [0.3, 0.4) is 0 Å². The van der Waals surface area contributed by atoms with Crippen molar-refractivity contribution in [2.24, 2.45) is 0 Å². The van der Waals surface area contributed by atoms with Gasteiger partial charge in [-0.25, -0.2) is 13.2 Å². The minimum absolute atomic E-state index is 0.205. The van der Waals surface area contributed by atoms with Crippen LogP contribution < -0.4 is 0 Å². The lowest BCUT2D eigenvalue weighted by molar-refractivity contribution is 0.147. The molecular weight excluding hydrogens is 364 g/mol. The van der Waals surface area contributed by atoms with Crippen molar-refractivity contribution in [3.8, 4) is 10.6 Å². The Balaban J connectivity index is 1.62. The summed E-state index contributed by atoms with van der Waals surface area (Å²) in [6.45, 7) is 4.85. The highest BCUT2D eigenvalue weighted by molar-refractivity contribution is 7.89. The fraction of sp³-hybridized carbons (Fsp3) is 0.467. The maximum absolute atomic E-state index is 13.1. The van der Waals surface area contributed by atoms with Crippen molar-refractivity contribution < 1.29 is 17.9 Å². The van der Waals surface area contributed by atoms with Crippen molar-refractivity contribution >= 4 is 27.5 Å². The molecule has 10 heteroatoms. The lowest BCUT2D eigenvalue weighted by Gasteiger charge is -2.34. The molecule has 4 rings (SSSR count). The van der Waals surface area contributed by atoms with Gasteiger partial charge in [-0.1, -0.05) is 0 Å². The zero-order valence-corrected chi connectivity index (χ0v) is 15.5. The van der Waals surface area contributed by atoms with E-state index in [-0.39, 0.29) is 31.8 Å². The first-order valence-electron chi connectivity index (χ1n) is 7.92. The highest BCUT2D eigenvalue weighted by atomic mass is 32.2. The molecule has 0 aliphatic carbocycles. The molecule has 2 aromatic rings. The Kier molecular flexibility index (Phi) is 3.85. The molecule has 1 amide bonds. The number of aromatic amines is 1. The monoisotopic (exact) mass is 382 g/mol. The quantitative estimate of drug-likeness (QED) is 0.870.